The van der Waals surface area contributed by atoms with Crippen molar-refractivity contribution in [2.75, 3.05) is 7.11 Å². The molecule has 3 nitrogen and oxygen atoms in total. The van der Waals surface area contributed by atoms with E-state index in [0.29, 0.717) is 6.61 Å². The first-order chi connectivity index (χ1) is 5.55. The predicted octanol–water partition coefficient (Wildman–Crippen LogP) is 1.62. The normalized spacial score (nSPS) is 12.0. The Morgan fingerprint density at radius 1 is 1.58 bits per heavy atom. The van der Waals surface area contributed by atoms with Crippen molar-refractivity contribution < 1.29 is 9.15 Å². The molecule has 0 spiro atoms. The van der Waals surface area contributed by atoms with E-state index in [-0.39, 0.29) is 0 Å². The minimum absolute atomic E-state index is 0.433. The van der Waals surface area contributed by atoms with Crippen LogP contribution in [0.25, 0.3) is 0 Å². The van der Waals surface area contributed by atoms with E-state index in [0.717, 1.165) is 11.3 Å². The first-order valence-electron chi connectivity index (χ1n) is 3.90. The van der Waals surface area contributed by atoms with Crippen LogP contribution in [0.4, 0.5) is 0 Å². The lowest BCUT2D eigenvalue weighted by atomic mass is 10.0. The Labute approximate surface area is 72.5 Å². The van der Waals surface area contributed by atoms with Gasteiger partial charge >= 0.3 is 0 Å². The molecule has 0 aliphatic rings. The molecule has 0 amide bonds. The van der Waals surface area contributed by atoms with Crippen molar-refractivity contribution >= 4 is 0 Å². The molecule has 0 aliphatic carbocycles. The first-order valence-corrected chi connectivity index (χ1v) is 3.90. The summed E-state index contributed by atoms with van der Waals surface area (Å²) < 4.78 is 10.3. The van der Waals surface area contributed by atoms with Crippen molar-refractivity contribution in [3.8, 4) is 0 Å². The van der Waals surface area contributed by atoms with E-state index >= 15 is 0 Å². The van der Waals surface area contributed by atoms with E-state index in [4.69, 9.17) is 14.9 Å². The number of rotatable bonds is 3. The van der Waals surface area contributed by atoms with Crippen LogP contribution in [0.15, 0.2) is 16.7 Å². The maximum atomic E-state index is 5.88. The Morgan fingerprint density at radius 3 is 2.75 bits per heavy atom. The lowest BCUT2D eigenvalue weighted by Gasteiger charge is -2.16. The minimum atomic E-state index is -0.433. The molecule has 0 saturated carbocycles. The van der Waals surface area contributed by atoms with Gasteiger partial charge in [0.1, 0.15) is 5.76 Å². The second-order valence-corrected chi connectivity index (χ2v) is 3.43. The summed E-state index contributed by atoms with van der Waals surface area (Å²) in [4.78, 5) is 0. The maximum Gasteiger partial charge on any atom is 0.128 e. The third-order valence-electron chi connectivity index (χ3n) is 1.63. The average Bonchev–Trinajstić information content (AvgIpc) is 2.34. The van der Waals surface area contributed by atoms with Gasteiger partial charge in [-0.3, -0.25) is 0 Å². The Balaban J connectivity index is 2.91. The van der Waals surface area contributed by atoms with Gasteiger partial charge in [-0.15, -0.1) is 0 Å². The van der Waals surface area contributed by atoms with Crippen LogP contribution < -0.4 is 5.73 Å². The van der Waals surface area contributed by atoms with E-state index in [1.54, 1.807) is 13.4 Å². The number of hydrogen-bond acceptors (Lipinski definition) is 3. The summed E-state index contributed by atoms with van der Waals surface area (Å²) in [5, 5.41) is 0. The van der Waals surface area contributed by atoms with Crippen LogP contribution in [0.2, 0.25) is 0 Å². The fraction of sp³-hybridized carbons (Fsp3) is 0.556. The summed E-state index contributed by atoms with van der Waals surface area (Å²) in [5.74, 6) is 0.796. The molecule has 1 aromatic rings. The van der Waals surface area contributed by atoms with Gasteiger partial charge in [-0.25, -0.2) is 0 Å². The molecule has 0 aliphatic heterocycles. The number of ether oxygens (including phenoxy) is 1. The Hall–Kier alpha value is -0.800. The van der Waals surface area contributed by atoms with Gasteiger partial charge in [0.15, 0.2) is 0 Å². The van der Waals surface area contributed by atoms with Crippen LogP contribution >= 0.6 is 0 Å². The molecule has 0 bridgehead atoms. The molecule has 1 rings (SSSR count). The Bertz CT molecular complexity index is 247. The van der Waals surface area contributed by atoms with Crippen molar-refractivity contribution in [2.45, 2.75) is 26.0 Å². The van der Waals surface area contributed by atoms with E-state index in [1.165, 1.54) is 0 Å². The third kappa shape index (κ3) is 1.87. The van der Waals surface area contributed by atoms with Gasteiger partial charge in [-0.05, 0) is 19.9 Å². The van der Waals surface area contributed by atoms with Crippen molar-refractivity contribution in [3.63, 3.8) is 0 Å². The quantitative estimate of drug-likeness (QED) is 0.748. The second-order valence-electron chi connectivity index (χ2n) is 3.43. The standard InChI is InChI=1S/C9H15NO2/c1-9(2,10)8-7(6-11-3)4-5-12-8/h4-5H,6,10H2,1-3H3. The zero-order valence-electron chi connectivity index (χ0n) is 7.76. The summed E-state index contributed by atoms with van der Waals surface area (Å²) >= 11 is 0. The number of nitrogens with two attached hydrogens (primary N) is 1. The fourth-order valence-electron chi connectivity index (χ4n) is 1.17. The SMILES string of the molecule is COCc1ccoc1C(C)(C)N. The van der Waals surface area contributed by atoms with Crippen molar-refractivity contribution in [1.29, 1.82) is 0 Å². The highest BCUT2D eigenvalue weighted by atomic mass is 16.5. The van der Waals surface area contributed by atoms with Crippen LogP contribution in [0.3, 0.4) is 0 Å². The summed E-state index contributed by atoms with van der Waals surface area (Å²) in [6.45, 7) is 4.36. The molecule has 1 heterocycles. The third-order valence-corrected chi connectivity index (χ3v) is 1.63. The zero-order valence-corrected chi connectivity index (χ0v) is 7.76. The van der Waals surface area contributed by atoms with Crippen LogP contribution in [-0.4, -0.2) is 7.11 Å². The smallest absolute Gasteiger partial charge is 0.128 e. The van der Waals surface area contributed by atoms with Gasteiger partial charge < -0.3 is 14.9 Å². The van der Waals surface area contributed by atoms with Gasteiger partial charge in [-0.1, -0.05) is 0 Å². The Kier molecular flexibility index (Phi) is 2.55. The predicted molar refractivity (Wildman–Crippen MR) is 46.6 cm³/mol. The average molecular weight is 169 g/mol. The van der Waals surface area contributed by atoms with E-state index in [9.17, 15) is 0 Å². The topological polar surface area (TPSA) is 48.4 Å². The van der Waals surface area contributed by atoms with Gasteiger partial charge in [0.2, 0.25) is 0 Å². The van der Waals surface area contributed by atoms with Gasteiger partial charge in [0.05, 0.1) is 18.4 Å². The second kappa shape index (κ2) is 3.29. The summed E-state index contributed by atoms with van der Waals surface area (Å²) in [7, 11) is 1.65. The van der Waals surface area contributed by atoms with E-state index < -0.39 is 5.54 Å². The molecule has 0 radical (unpaired) electrons. The van der Waals surface area contributed by atoms with Gasteiger partial charge in [0.25, 0.3) is 0 Å². The summed E-state index contributed by atoms with van der Waals surface area (Å²) in [6.07, 6.45) is 1.64. The highest BCUT2D eigenvalue weighted by Gasteiger charge is 2.21. The van der Waals surface area contributed by atoms with Crippen LogP contribution in [0.5, 0.6) is 0 Å². The van der Waals surface area contributed by atoms with Gasteiger partial charge in [0, 0.05) is 12.7 Å². The van der Waals surface area contributed by atoms with Gasteiger partial charge in [-0.2, -0.15) is 0 Å². The van der Waals surface area contributed by atoms with E-state index in [1.807, 2.05) is 19.9 Å². The lowest BCUT2D eigenvalue weighted by molar-refractivity contribution is 0.181. The molecule has 68 valence electrons. The van der Waals surface area contributed by atoms with Crippen LogP contribution in [-0.2, 0) is 16.9 Å². The summed E-state index contributed by atoms with van der Waals surface area (Å²) in [5.41, 5.74) is 6.47. The van der Waals surface area contributed by atoms with Crippen molar-refractivity contribution in [2.24, 2.45) is 5.73 Å². The largest absolute Gasteiger partial charge is 0.467 e. The molecule has 3 heteroatoms. The lowest BCUT2D eigenvalue weighted by Crippen LogP contribution is -2.29. The summed E-state index contributed by atoms with van der Waals surface area (Å²) in [6, 6.07) is 1.88. The molecule has 0 saturated heterocycles. The Morgan fingerprint density at radius 2 is 2.25 bits per heavy atom. The van der Waals surface area contributed by atoms with E-state index in [2.05, 4.69) is 0 Å². The zero-order chi connectivity index (χ0) is 9.19. The minimum Gasteiger partial charge on any atom is -0.467 e. The molecule has 12 heavy (non-hydrogen) atoms. The number of methoxy groups -OCH3 is 1. The molecular weight excluding hydrogens is 154 g/mol. The molecular formula is C9H15NO2. The highest BCUT2D eigenvalue weighted by molar-refractivity contribution is 5.22. The number of furan rings is 1. The fourth-order valence-corrected chi connectivity index (χ4v) is 1.17. The molecule has 0 aromatic carbocycles. The van der Waals surface area contributed by atoms with Crippen LogP contribution in [0.1, 0.15) is 25.2 Å². The maximum absolute atomic E-state index is 5.88. The molecule has 0 fully saturated rings. The molecule has 1 aromatic heterocycles. The first kappa shape index (κ1) is 9.29. The highest BCUT2D eigenvalue weighted by Crippen LogP contribution is 2.22. The molecule has 0 atom stereocenters. The monoisotopic (exact) mass is 169 g/mol. The van der Waals surface area contributed by atoms with Crippen molar-refractivity contribution in [3.05, 3.63) is 23.7 Å². The number of hydrogen-bond donors (Lipinski definition) is 1. The molecule has 2 N–H and O–H groups in total. The molecule has 0 unspecified atom stereocenters. The van der Waals surface area contributed by atoms with Crippen molar-refractivity contribution in [1.82, 2.24) is 0 Å². The van der Waals surface area contributed by atoms with Crippen LogP contribution in [0, 0.1) is 0 Å².